The van der Waals surface area contributed by atoms with Crippen molar-refractivity contribution in [2.24, 2.45) is 11.1 Å². The molecule has 0 aromatic carbocycles. The highest BCUT2D eigenvalue weighted by Crippen LogP contribution is 2.35. The van der Waals surface area contributed by atoms with Crippen molar-refractivity contribution in [1.82, 2.24) is 10.2 Å². The van der Waals surface area contributed by atoms with Gasteiger partial charge in [0.05, 0.1) is 5.54 Å². The second-order valence-corrected chi connectivity index (χ2v) is 7.38. The van der Waals surface area contributed by atoms with Gasteiger partial charge in [-0.05, 0) is 64.6 Å². The molecule has 4 nitrogen and oxygen atoms in total. The highest BCUT2D eigenvalue weighted by atomic mass is 16.1. The molecule has 0 aromatic rings. The average Bonchev–Trinajstić information content (AvgIpc) is 2.45. The molecule has 2 unspecified atom stereocenters. The van der Waals surface area contributed by atoms with E-state index < -0.39 is 5.54 Å². The molecule has 3 N–H and O–H groups in total. The van der Waals surface area contributed by atoms with Crippen LogP contribution in [0.3, 0.4) is 0 Å². The van der Waals surface area contributed by atoms with Crippen molar-refractivity contribution in [2.75, 3.05) is 19.6 Å². The molecule has 1 saturated heterocycles. The van der Waals surface area contributed by atoms with Crippen molar-refractivity contribution in [3.63, 3.8) is 0 Å². The van der Waals surface area contributed by atoms with Crippen molar-refractivity contribution >= 4 is 5.91 Å². The number of carbonyl (C=O) groups excluding carboxylic acids is 1. The molecule has 0 saturated carbocycles. The number of likely N-dealkylation sites (tertiary alicyclic amines) is 1. The summed E-state index contributed by atoms with van der Waals surface area (Å²) in [6.45, 7) is 14.1. The molecular formula is C17H35N3O. The van der Waals surface area contributed by atoms with Gasteiger partial charge >= 0.3 is 0 Å². The standard InChI is InChI=1S/C17H35N3O/c1-6-10-19-17(5,15(18)21)13-14(3)20-11-8-16(4,7-2)9-12-20/h14,19H,6-13H2,1-5H3,(H2,18,21). The molecule has 1 heterocycles. The lowest BCUT2D eigenvalue weighted by Crippen LogP contribution is -2.57. The molecule has 0 bridgehead atoms. The van der Waals surface area contributed by atoms with Crippen LogP contribution in [-0.2, 0) is 4.79 Å². The number of nitrogens with two attached hydrogens (primary N) is 1. The van der Waals surface area contributed by atoms with Gasteiger partial charge in [0.15, 0.2) is 0 Å². The first kappa shape index (κ1) is 18.4. The number of hydrogen-bond acceptors (Lipinski definition) is 3. The minimum Gasteiger partial charge on any atom is -0.368 e. The van der Waals surface area contributed by atoms with Gasteiger partial charge in [0, 0.05) is 6.04 Å². The maximum atomic E-state index is 11.8. The predicted octanol–water partition coefficient (Wildman–Crippen LogP) is 2.52. The van der Waals surface area contributed by atoms with Crippen LogP contribution < -0.4 is 11.1 Å². The summed E-state index contributed by atoms with van der Waals surface area (Å²) in [6, 6.07) is 0.383. The minimum atomic E-state index is -0.596. The normalized spacial score (nSPS) is 23.5. The number of rotatable bonds is 8. The molecule has 1 rings (SSSR count). The summed E-state index contributed by atoms with van der Waals surface area (Å²) in [6.07, 6.45) is 5.56. The topological polar surface area (TPSA) is 58.4 Å². The number of amides is 1. The third-order valence-electron chi connectivity index (χ3n) is 5.49. The van der Waals surface area contributed by atoms with Crippen LogP contribution in [0.5, 0.6) is 0 Å². The lowest BCUT2D eigenvalue weighted by Gasteiger charge is -2.43. The van der Waals surface area contributed by atoms with Gasteiger partial charge in [-0.2, -0.15) is 0 Å². The SMILES string of the molecule is CCCNC(C)(CC(C)N1CCC(C)(CC)CC1)C(N)=O. The molecule has 2 atom stereocenters. The van der Waals surface area contributed by atoms with Gasteiger partial charge in [-0.3, -0.25) is 4.79 Å². The fourth-order valence-electron chi connectivity index (χ4n) is 3.24. The van der Waals surface area contributed by atoms with Gasteiger partial charge in [0.25, 0.3) is 0 Å². The number of piperidine rings is 1. The Bertz CT molecular complexity index is 337. The summed E-state index contributed by atoms with van der Waals surface area (Å²) in [5.41, 5.74) is 5.54. The highest BCUT2D eigenvalue weighted by molar-refractivity contribution is 5.84. The maximum absolute atomic E-state index is 11.8. The third kappa shape index (κ3) is 4.96. The van der Waals surface area contributed by atoms with Gasteiger partial charge in [-0.1, -0.05) is 27.2 Å². The molecular weight excluding hydrogens is 262 g/mol. The Morgan fingerprint density at radius 1 is 1.38 bits per heavy atom. The fraction of sp³-hybridized carbons (Fsp3) is 0.941. The van der Waals surface area contributed by atoms with Gasteiger partial charge < -0.3 is 16.0 Å². The summed E-state index contributed by atoms with van der Waals surface area (Å²) in [4.78, 5) is 14.4. The van der Waals surface area contributed by atoms with Crippen LogP contribution in [0.15, 0.2) is 0 Å². The Morgan fingerprint density at radius 3 is 2.38 bits per heavy atom. The van der Waals surface area contributed by atoms with E-state index >= 15 is 0 Å². The van der Waals surface area contributed by atoms with Crippen molar-refractivity contribution in [3.8, 4) is 0 Å². The van der Waals surface area contributed by atoms with Crippen LogP contribution in [0.25, 0.3) is 0 Å². The Labute approximate surface area is 130 Å². The molecule has 0 aromatic heterocycles. The summed E-state index contributed by atoms with van der Waals surface area (Å²) in [5.74, 6) is -0.238. The van der Waals surface area contributed by atoms with Crippen LogP contribution >= 0.6 is 0 Å². The average molecular weight is 297 g/mol. The second kappa shape index (κ2) is 7.59. The minimum absolute atomic E-state index is 0.238. The van der Waals surface area contributed by atoms with E-state index in [0.717, 1.165) is 32.5 Å². The predicted molar refractivity (Wildman–Crippen MR) is 89.2 cm³/mol. The quantitative estimate of drug-likeness (QED) is 0.724. The Kier molecular flexibility index (Phi) is 6.67. The van der Waals surface area contributed by atoms with Gasteiger partial charge in [0.1, 0.15) is 0 Å². The van der Waals surface area contributed by atoms with Crippen molar-refractivity contribution < 1.29 is 4.79 Å². The Hall–Kier alpha value is -0.610. The zero-order valence-electron chi connectivity index (χ0n) is 14.7. The molecule has 1 aliphatic heterocycles. The van der Waals surface area contributed by atoms with Crippen molar-refractivity contribution in [3.05, 3.63) is 0 Å². The highest BCUT2D eigenvalue weighted by Gasteiger charge is 2.36. The van der Waals surface area contributed by atoms with E-state index in [0.29, 0.717) is 11.5 Å². The second-order valence-electron chi connectivity index (χ2n) is 7.38. The monoisotopic (exact) mass is 297 g/mol. The van der Waals surface area contributed by atoms with Crippen LogP contribution in [-0.4, -0.2) is 42.0 Å². The number of nitrogens with zero attached hydrogens (tertiary/aromatic N) is 1. The molecule has 4 heteroatoms. The van der Waals surface area contributed by atoms with E-state index in [4.69, 9.17) is 5.73 Å². The molecule has 0 aliphatic carbocycles. The lowest BCUT2D eigenvalue weighted by molar-refractivity contribution is -0.124. The summed E-state index contributed by atoms with van der Waals surface area (Å²) in [7, 11) is 0. The van der Waals surface area contributed by atoms with Crippen molar-refractivity contribution in [2.45, 2.75) is 78.3 Å². The molecule has 21 heavy (non-hydrogen) atoms. The lowest BCUT2D eigenvalue weighted by atomic mass is 9.77. The van der Waals surface area contributed by atoms with E-state index in [-0.39, 0.29) is 5.91 Å². The first-order valence-corrected chi connectivity index (χ1v) is 8.55. The summed E-state index contributed by atoms with van der Waals surface area (Å²) < 4.78 is 0. The molecule has 1 fully saturated rings. The molecule has 1 aliphatic rings. The van der Waals surface area contributed by atoms with Gasteiger partial charge in [-0.15, -0.1) is 0 Å². The van der Waals surface area contributed by atoms with Crippen LogP contribution in [0, 0.1) is 5.41 Å². The summed E-state index contributed by atoms with van der Waals surface area (Å²) >= 11 is 0. The van der Waals surface area contributed by atoms with Gasteiger partial charge in [-0.25, -0.2) is 0 Å². The first-order chi connectivity index (χ1) is 9.76. The smallest absolute Gasteiger partial charge is 0.237 e. The van der Waals surface area contributed by atoms with Crippen LogP contribution in [0.2, 0.25) is 0 Å². The largest absolute Gasteiger partial charge is 0.368 e. The van der Waals surface area contributed by atoms with E-state index in [1.165, 1.54) is 19.3 Å². The van der Waals surface area contributed by atoms with E-state index in [2.05, 4.69) is 37.9 Å². The van der Waals surface area contributed by atoms with E-state index in [9.17, 15) is 4.79 Å². The zero-order chi connectivity index (χ0) is 16.1. The zero-order valence-corrected chi connectivity index (χ0v) is 14.7. The van der Waals surface area contributed by atoms with Crippen LogP contribution in [0.4, 0.5) is 0 Å². The van der Waals surface area contributed by atoms with Crippen molar-refractivity contribution in [1.29, 1.82) is 0 Å². The van der Waals surface area contributed by atoms with E-state index in [1.54, 1.807) is 0 Å². The molecule has 1 amide bonds. The third-order valence-corrected chi connectivity index (χ3v) is 5.49. The number of carbonyl (C=O) groups is 1. The molecule has 0 radical (unpaired) electrons. The van der Waals surface area contributed by atoms with Gasteiger partial charge in [0.2, 0.25) is 5.91 Å². The first-order valence-electron chi connectivity index (χ1n) is 8.55. The maximum Gasteiger partial charge on any atom is 0.237 e. The fourth-order valence-corrected chi connectivity index (χ4v) is 3.24. The Balaban J connectivity index is 2.58. The molecule has 124 valence electrons. The molecule has 0 spiro atoms. The van der Waals surface area contributed by atoms with Crippen LogP contribution in [0.1, 0.15) is 66.7 Å². The number of nitrogens with one attached hydrogen (secondary N) is 1. The van der Waals surface area contributed by atoms with E-state index in [1.807, 2.05) is 6.92 Å². The number of primary amides is 1. The Morgan fingerprint density at radius 2 is 1.95 bits per heavy atom. The number of hydrogen-bond donors (Lipinski definition) is 2. The summed E-state index contributed by atoms with van der Waals surface area (Å²) in [5, 5.41) is 3.34.